The quantitative estimate of drug-likeness (QED) is 0.557. The zero-order chi connectivity index (χ0) is 8.15. The summed E-state index contributed by atoms with van der Waals surface area (Å²) >= 11 is 0. The summed E-state index contributed by atoms with van der Waals surface area (Å²) in [6.45, 7) is 4.02. The lowest BCUT2D eigenvalue weighted by atomic mass is 9.99. The monoisotopic (exact) mass is 141 g/mol. The Hall–Kier alpha value is -0.520. The first kappa shape index (κ1) is 9.48. The van der Waals surface area contributed by atoms with Gasteiger partial charge in [0.1, 0.15) is 6.10 Å². The zero-order valence-corrected chi connectivity index (χ0v) is 6.54. The normalized spacial score (nSPS) is 16.4. The highest BCUT2D eigenvalue weighted by Crippen LogP contribution is 2.04. The number of rotatable bonds is 3. The lowest BCUT2D eigenvalue weighted by molar-refractivity contribution is 0.201. The van der Waals surface area contributed by atoms with Crippen molar-refractivity contribution in [1.29, 1.82) is 0 Å². The zero-order valence-electron chi connectivity index (χ0n) is 6.54. The minimum absolute atomic E-state index is 0.00560. The largest absolute Gasteiger partial charge is 0.380 e. The Morgan fingerprint density at radius 3 is 2.40 bits per heavy atom. The Morgan fingerprint density at radius 2 is 2.10 bits per heavy atom. The van der Waals surface area contributed by atoms with Gasteiger partial charge in [0.05, 0.1) is 0 Å². The Kier molecular flexibility index (Phi) is 4.10. The predicted octanol–water partition coefficient (Wildman–Crippen LogP) is 0.354. The second-order valence-electron chi connectivity index (χ2n) is 2.83. The molecule has 0 rings (SSSR count). The SMILES string of the molecule is C#C[C@H](O)C[C@@H](N)C(C)C. The molecule has 0 fully saturated rings. The molecule has 58 valence electrons. The summed E-state index contributed by atoms with van der Waals surface area (Å²) in [5.41, 5.74) is 5.64. The van der Waals surface area contributed by atoms with Gasteiger partial charge in [0.25, 0.3) is 0 Å². The molecule has 3 N–H and O–H groups in total. The van der Waals surface area contributed by atoms with Gasteiger partial charge in [-0.1, -0.05) is 19.8 Å². The smallest absolute Gasteiger partial charge is 0.115 e. The minimum Gasteiger partial charge on any atom is -0.380 e. The van der Waals surface area contributed by atoms with E-state index >= 15 is 0 Å². The van der Waals surface area contributed by atoms with Crippen molar-refractivity contribution in [3.8, 4) is 12.3 Å². The number of aliphatic hydroxyl groups is 1. The van der Waals surface area contributed by atoms with Gasteiger partial charge in [-0.3, -0.25) is 0 Å². The second-order valence-corrected chi connectivity index (χ2v) is 2.83. The molecule has 0 aliphatic rings. The Labute approximate surface area is 62.4 Å². The molecule has 2 atom stereocenters. The van der Waals surface area contributed by atoms with Crippen molar-refractivity contribution in [2.45, 2.75) is 32.4 Å². The second kappa shape index (κ2) is 4.32. The third kappa shape index (κ3) is 3.49. The van der Waals surface area contributed by atoms with Gasteiger partial charge >= 0.3 is 0 Å². The van der Waals surface area contributed by atoms with Gasteiger partial charge in [-0.15, -0.1) is 6.42 Å². The third-order valence-corrected chi connectivity index (χ3v) is 1.54. The van der Waals surface area contributed by atoms with Crippen molar-refractivity contribution in [3.63, 3.8) is 0 Å². The molecule has 0 bridgehead atoms. The van der Waals surface area contributed by atoms with E-state index in [1.54, 1.807) is 0 Å². The fourth-order valence-electron chi connectivity index (χ4n) is 0.598. The molecule has 0 radical (unpaired) electrons. The van der Waals surface area contributed by atoms with Crippen molar-refractivity contribution >= 4 is 0 Å². The van der Waals surface area contributed by atoms with Crippen LogP contribution in [0, 0.1) is 18.3 Å². The summed E-state index contributed by atoms with van der Waals surface area (Å²) in [6.07, 6.45) is 4.78. The molecular weight excluding hydrogens is 126 g/mol. The van der Waals surface area contributed by atoms with E-state index in [1.807, 2.05) is 13.8 Å². The molecule has 2 heteroatoms. The van der Waals surface area contributed by atoms with Crippen LogP contribution in [-0.4, -0.2) is 17.3 Å². The third-order valence-electron chi connectivity index (χ3n) is 1.54. The highest BCUT2D eigenvalue weighted by Gasteiger charge is 2.10. The van der Waals surface area contributed by atoms with Gasteiger partial charge in [-0.25, -0.2) is 0 Å². The maximum atomic E-state index is 8.96. The molecule has 0 heterocycles. The van der Waals surface area contributed by atoms with Crippen molar-refractivity contribution in [2.75, 3.05) is 0 Å². The van der Waals surface area contributed by atoms with Gasteiger partial charge in [0, 0.05) is 6.04 Å². The summed E-state index contributed by atoms with van der Waals surface area (Å²) in [7, 11) is 0. The standard InChI is InChI=1S/C8H15NO/c1-4-7(10)5-8(9)6(2)3/h1,6-8,10H,5,9H2,2-3H3/t7-,8+/m0/s1. The number of hydrogen-bond acceptors (Lipinski definition) is 2. The van der Waals surface area contributed by atoms with Crippen molar-refractivity contribution in [1.82, 2.24) is 0 Å². The van der Waals surface area contributed by atoms with Crippen LogP contribution >= 0.6 is 0 Å². The van der Waals surface area contributed by atoms with Crippen molar-refractivity contribution in [2.24, 2.45) is 11.7 Å². The topological polar surface area (TPSA) is 46.2 Å². The summed E-state index contributed by atoms with van der Waals surface area (Å²) in [6, 6.07) is 0.00560. The van der Waals surface area contributed by atoms with E-state index in [-0.39, 0.29) is 6.04 Å². The van der Waals surface area contributed by atoms with Crippen LogP contribution in [-0.2, 0) is 0 Å². The van der Waals surface area contributed by atoms with Gasteiger partial charge in [0.2, 0.25) is 0 Å². The van der Waals surface area contributed by atoms with E-state index < -0.39 is 6.10 Å². The van der Waals surface area contributed by atoms with Gasteiger partial charge in [-0.2, -0.15) is 0 Å². The Morgan fingerprint density at radius 1 is 1.60 bits per heavy atom. The van der Waals surface area contributed by atoms with Gasteiger partial charge < -0.3 is 10.8 Å². The van der Waals surface area contributed by atoms with Crippen LogP contribution in [0.4, 0.5) is 0 Å². The summed E-state index contributed by atoms with van der Waals surface area (Å²) < 4.78 is 0. The Bertz CT molecular complexity index is 126. The molecule has 0 aromatic rings. The van der Waals surface area contributed by atoms with E-state index in [0.717, 1.165) is 0 Å². The molecular formula is C8H15NO. The van der Waals surface area contributed by atoms with Gasteiger partial charge in [-0.05, 0) is 12.3 Å². The summed E-state index contributed by atoms with van der Waals surface area (Å²) in [4.78, 5) is 0. The van der Waals surface area contributed by atoms with E-state index in [4.69, 9.17) is 17.3 Å². The molecule has 0 aromatic heterocycles. The lowest BCUT2D eigenvalue weighted by Gasteiger charge is -2.15. The fourth-order valence-corrected chi connectivity index (χ4v) is 0.598. The van der Waals surface area contributed by atoms with Crippen LogP contribution in [0.25, 0.3) is 0 Å². The molecule has 0 aliphatic carbocycles. The van der Waals surface area contributed by atoms with E-state index in [9.17, 15) is 0 Å². The van der Waals surface area contributed by atoms with Crippen LogP contribution in [0.5, 0.6) is 0 Å². The van der Waals surface area contributed by atoms with Crippen LogP contribution in [0.1, 0.15) is 20.3 Å². The first-order valence-corrected chi connectivity index (χ1v) is 3.47. The van der Waals surface area contributed by atoms with Crippen LogP contribution in [0.3, 0.4) is 0 Å². The molecule has 2 nitrogen and oxygen atoms in total. The van der Waals surface area contributed by atoms with Gasteiger partial charge in [0.15, 0.2) is 0 Å². The molecule has 0 saturated heterocycles. The highest BCUT2D eigenvalue weighted by atomic mass is 16.3. The first-order chi connectivity index (χ1) is 4.57. The average molecular weight is 141 g/mol. The molecule has 0 aliphatic heterocycles. The molecule has 0 saturated carbocycles. The molecule has 10 heavy (non-hydrogen) atoms. The molecule has 0 amide bonds. The first-order valence-electron chi connectivity index (χ1n) is 3.47. The average Bonchev–Trinajstić information content (AvgIpc) is 1.87. The van der Waals surface area contributed by atoms with E-state index in [2.05, 4.69) is 5.92 Å². The summed E-state index contributed by atoms with van der Waals surface area (Å²) in [5.74, 6) is 2.60. The number of terminal acetylenes is 1. The van der Waals surface area contributed by atoms with Crippen LogP contribution in [0.2, 0.25) is 0 Å². The maximum absolute atomic E-state index is 8.96. The molecule has 0 unspecified atom stereocenters. The predicted molar refractivity (Wildman–Crippen MR) is 42.3 cm³/mol. The number of nitrogens with two attached hydrogens (primary N) is 1. The molecule has 0 spiro atoms. The lowest BCUT2D eigenvalue weighted by Crippen LogP contribution is -2.30. The van der Waals surface area contributed by atoms with Crippen LogP contribution in [0.15, 0.2) is 0 Å². The summed E-state index contributed by atoms with van der Waals surface area (Å²) in [5, 5.41) is 8.96. The Balaban J connectivity index is 3.59. The molecule has 0 aromatic carbocycles. The van der Waals surface area contributed by atoms with Crippen LogP contribution < -0.4 is 5.73 Å². The maximum Gasteiger partial charge on any atom is 0.115 e. The number of hydrogen-bond donors (Lipinski definition) is 2. The van der Waals surface area contributed by atoms with E-state index in [1.165, 1.54) is 0 Å². The fraction of sp³-hybridized carbons (Fsp3) is 0.750. The minimum atomic E-state index is -0.683. The number of aliphatic hydroxyl groups excluding tert-OH is 1. The highest BCUT2D eigenvalue weighted by molar-refractivity contribution is 4.95. The van der Waals surface area contributed by atoms with Crippen molar-refractivity contribution < 1.29 is 5.11 Å². The van der Waals surface area contributed by atoms with E-state index in [0.29, 0.717) is 12.3 Å². The van der Waals surface area contributed by atoms with Crippen molar-refractivity contribution in [3.05, 3.63) is 0 Å².